The van der Waals surface area contributed by atoms with E-state index in [2.05, 4.69) is 20.9 Å². The van der Waals surface area contributed by atoms with Gasteiger partial charge in [-0.05, 0) is 25.0 Å². The number of nitrogens with zero attached hydrogens (tertiary/aromatic N) is 1. The minimum atomic E-state index is -0.397. The number of fused-ring (bicyclic) bond motifs is 1. The van der Waals surface area contributed by atoms with Gasteiger partial charge in [0, 0.05) is 34.7 Å². The summed E-state index contributed by atoms with van der Waals surface area (Å²) in [6.45, 7) is 1.14. The molecular weight excluding hydrogens is 308 g/mol. The van der Waals surface area contributed by atoms with Gasteiger partial charge >= 0.3 is 0 Å². The molecule has 1 aromatic carbocycles. The lowest BCUT2D eigenvalue weighted by Crippen LogP contribution is -2.42. The van der Waals surface area contributed by atoms with Crippen molar-refractivity contribution in [2.75, 3.05) is 13.1 Å². The summed E-state index contributed by atoms with van der Waals surface area (Å²) in [6, 6.07) is 5.81. The molecule has 0 spiro atoms. The van der Waals surface area contributed by atoms with Crippen LogP contribution in [0.4, 0.5) is 0 Å². The molecule has 2 aromatic rings. The average Bonchev–Trinajstić information content (AvgIpc) is 2.83. The highest BCUT2D eigenvalue weighted by Crippen LogP contribution is 2.28. The summed E-state index contributed by atoms with van der Waals surface area (Å²) in [5, 5.41) is 10.6. The summed E-state index contributed by atoms with van der Waals surface area (Å²) in [6.07, 6.45) is 2.99. The van der Waals surface area contributed by atoms with Crippen molar-refractivity contribution in [3.05, 3.63) is 34.4 Å². The number of benzene rings is 1. The summed E-state index contributed by atoms with van der Waals surface area (Å²) in [5.41, 5.74) is 1.60. The van der Waals surface area contributed by atoms with Crippen LogP contribution in [0.3, 0.4) is 0 Å². The second kappa shape index (κ2) is 4.98. The number of β-amino-alcohol motifs (C(OH)–C–C–N with tert-alkyl or cyclic N) is 1. The highest BCUT2D eigenvalue weighted by Gasteiger charge is 2.25. The van der Waals surface area contributed by atoms with Crippen LogP contribution in [0.5, 0.6) is 0 Å². The summed E-state index contributed by atoms with van der Waals surface area (Å²) >= 11 is 3.49. The van der Waals surface area contributed by atoms with Gasteiger partial charge in [-0.15, -0.1) is 0 Å². The van der Waals surface area contributed by atoms with Gasteiger partial charge in [0.2, 0.25) is 0 Å². The van der Waals surface area contributed by atoms with E-state index >= 15 is 0 Å². The van der Waals surface area contributed by atoms with Crippen LogP contribution in [0.2, 0.25) is 0 Å². The number of piperidine rings is 1. The average molecular weight is 323 g/mol. The quantitative estimate of drug-likeness (QED) is 0.847. The molecule has 0 aliphatic carbocycles. The van der Waals surface area contributed by atoms with Crippen LogP contribution in [0.15, 0.2) is 28.9 Å². The Labute approximate surface area is 119 Å². The van der Waals surface area contributed by atoms with E-state index in [0.29, 0.717) is 18.7 Å². The second-order valence-corrected chi connectivity index (χ2v) is 5.77. The zero-order valence-electron chi connectivity index (χ0n) is 10.4. The molecule has 100 valence electrons. The topological polar surface area (TPSA) is 56.3 Å². The van der Waals surface area contributed by atoms with Gasteiger partial charge in [0.25, 0.3) is 5.91 Å². The maximum Gasteiger partial charge on any atom is 0.256 e. The molecule has 1 atom stereocenters. The van der Waals surface area contributed by atoms with Crippen molar-refractivity contribution in [2.45, 2.75) is 18.9 Å². The number of hydrogen-bond donors (Lipinski definition) is 2. The third kappa shape index (κ3) is 2.28. The summed E-state index contributed by atoms with van der Waals surface area (Å²) in [7, 11) is 0. The van der Waals surface area contributed by atoms with Crippen LogP contribution in [-0.4, -0.2) is 40.1 Å². The fourth-order valence-corrected chi connectivity index (χ4v) is 3.20. The van der Waals surface area contributed by atoms with Gasteiger partial charge in [-0.25, -0.2) is 0 Å². The highest BCUT2D eigenvalue weighted by molar-refractivity contribution is 9.10. The van der Waals surface area contributed by atoms with E-state index in [1.165, 1.54) is 0 Å². The van der Waals surface area contributed by atoms with Crippen LogP contribution in [0.25, 0.3) is 10.9 Å². The van der Waals surface area contributed by atoms with Gasteiger partial charge < -0.3 is 15.0 Å². The van der Waals surface area contributed by atoms with Gasteiger partial charge in [-0.3, -0.25) is 4.79 Å². The fourth-order valence-electron chi connectivity index (χ4n) is 2.62. The van der Waals surface area contributed by atoms with E-state index in [1.54, 1.807) is 11.1 Å². The lowest BCUT2D eigenvalue weighted by atomic mass is 10.1. The number of H-pyrrole nitrogens is 1. The number of aromatic nitrogens is 1. The highest BCUT2D eigenvalue weighted by atomic mass is 79.9. The Morgan fingerprint density at radius 1 is 1.47 bits per heavy atom. The molecule has 4 nitrogen and oxygen atoms in total. The number of aliphatic hydroxyl groups is 1. The standard InChI is InChI=1S/C14H15BrN2O2/c15-11-4-1-5-12-13(11)10(7-16-12)14(19)17-6-2-3-9(18)8-17/h1,4-5,7,9,16,18H,2-3,6,8H2. The van der Waals surface area contributed by atoms with Crippen molar-refractivity contribution in [3.8, 4) is 0 Å². The molecule has 2 heterocycles. The molecule has 2 N–H and O–H groups in total. The van der Waals surface area contributed by atoms with E-state index < -0.39 is 6.10 Å². The molecule has 1 amide bonds. The summed E-state index contributed by atoms with van der Waals surface area (Å²) in [4.78, 5) is 17.4. The Balaban J connectivity index is 1.97. The smallest absolute Gasteiger partial charge is 0.256 e. The number of carbonyl (C=O) groups excluding carboxylic acids is 1. The maximum absolute atomic E-state index is 12.5. The SMILES string of the molecule is O=C(c1c[nH]c2cccc(Br)c12)N1CCCC(O)C1. The van der Waals surface area contributed by atoms with Crippen molar-refractivity contribution in [3.63, 3.8) is 0 Å². The first-order valence-electron chi connectivity index (χ1n) is 6.40. The van der Waals surface area contributed by atoms with E-state index in [4.69, 9.17) is 0 Å². The largest absolute Gasteiger partial charge is 0.391 e. The minimum absolute atomic E-state index is 0.0168. The Bertz CT molecular complexity index is 623. The van der Waals surface area contributed by atoms with Crippen LogP contribution in [0, 0.1) is 0 Å². The second-order valence-electron chi connectivity index (χ2n) is 4.91. The number of aromatic amines is 1. The van der Waals surface area contributed by atoms with E-state index in [1.807, 2.05) is 18.2 Å². The molecule has 1 fully saturated rings. The number of carbonyl (C=O) groups is 1. The van der Waals surface area contributed by atoms with Crippen molar-refractivity contribution in [2.24, 2.45) is 0 Å². The lowest BCUT2D eigenvalue weighted by molar-refractivity contribution is 0.0475. The number of likely N-dealkylation sites (tertiary alicyclic amines) is 1. The fraction of sp³-hybridized carbons (Fsp3) is 0.357. The monoisotopic (exact) mass is 322 g/mol. The zero-order valence-corrected chi connectivity index (χ0v) is 12.0. The number of aliphatic hydroxyl groups excluding tert-OH is 1. The van der Waals surface area contributed by atoms with Gasteiger partial charge in [0.05, 0.1) is 11.7 Å². The van der Waals surface area contributed by atoms with Gasteiger partial charge in [0.1, 0.15) is 0 Å². The number of rotatable bonds is 1. The van der Waals surface area contributed by atoms with Crippen LogP contribution < -0.4 is 0 Å². The molecule has 0 saturated carbocycles. The minimum Gasteiger partial charge on any atom is -0.391 e. The van der Waals surface area contributed by atoms with Crippen molar-refractivity contribution in [1.29, 1.82) is 0 Å². The van der Waals surface area contributed by atoms with E-state index in [-0.39, 0.29) is 5.91 Å². The predicted molar refractivity (Wildman–Crippen MR) is 77.1 cm³/mol. The molecule has 0 radical (unpaired) electrons. The maximum atomic E-state index is 12.5. The summed E-state index contributed by atoms with van der Waals surface area (Å²) < 4.78 is 0.909. The molecule has 19 heavy (non-hydrogen) atoms. The first-order chi connectivity index (χ1) is 9.16. The molecule has 1 aliphatic heterocycles. The van der Waals surface area contributed by atoms with E-state index in [0.717, 1.165) is 28.2 Å². The van der Waals surface area contributed by atoms with Crippen LogP contribution >= 0.6 is 15.9 Å². The molecule has 5 heteroatoms. The third-order valence-electron chi connectivity index (χ3n) is 3.57. The Morgan fingerprint density at radius 3 is 3.11 bits per heavy atom. The first kappa shape index (κ1) is 12.7. The van der Waals surface area contributed by atoms with E-state index in [9.17, 15) is 9.90 Å². The van der Waals surface area contributed by atoms with Crippen LogP contribution in [-0.2, 0) is 0 Å². The molecule has 1 aliphatic rings. The molecule has 1 unspecified atom stereocenters. The molecule has 0 bridgehead atoms. The molecule has 3 rings (SSSR count). The lowest BCUT2D eigenvalue weighted by Gasteiger charge is -2.30. The number of amides is 1. The van der Waals surface area contributed by atoms with Crippen LogP contribution in [0.1, 0.15) is 23.2 Å². The predicted octanol–water partition coefficient (Wildman–Crippen LogP) is 2.53. The normalized spacial score (nSPS) is 19.9. The number of hydrogen-bond acceptors (Lipinski definition) is 2. The van der Waals surface area contributed by atoms with Gasteiger partial charge in [-0.1, -0.05) is 22.0 Å². The Kier molecular flexibility index (Phi) is 3.33. The third-order valence-corrected chi connectivity index (χ3v) is 4.23. The van der Waals surface area contributed by atoms with Crippen molar-refractivity contribution < 1.29 is 9.90 Å². The number of halogens is 1. The van der Waals surface area contributed by atoms with Gasteiger partial charge in [0.15, 0.2) is 0 Å². The van der Waals surface area contributed by atoms with Gasteiger partial charge in [-0.2, -0.15) is 0 Å². The zero-order chi connectivity index (χ0) is 13.4. The Morgan fingerprint density at radius 2 is 2.32 bits per heavy atom. The number of nitrogens with one attached hydrogen (secondary N) is 1. The molecular formula is C14H15BrN2O2. The van der Waals surface area contributed by atoms with Crippen molar-refractivity contribution in [1.82, 2.24) is 9.88 Å². The summed E-state index contributed by atoms with van der Waals surface area (Å²) in [5.74, 6) is -0.0168. The Hall–Kier alpha value is -1.33. The molecule has 1 saturated heterocycles. The molecule has 1 aromatic heterocycles. The van der Waals surface area contributed by atoms with Crippen molar-refractivity contribution >= 4 is 32.7 Å². The first-order valence-corrected chi connectivity index (χ1v) is 7.19.